The van der Waals surface area contributed by atoms with Crippen molar-refractivity contribution in [3.05, 3.63) is 17.5 Å². The average Bonchev–Trinajstić information content (AvgIpc) is 2.78. The number of aromatic nitrogens is 2. The van der Waals surface area contributed by atoms with E-state index in [0.717, 1.165) is 31.9 Å². The number of hydrogen-bond acceptors (Lipinski definition) is 4. The molecule has 6 nitrogen and oxygen atoms in total. The van der Waals surface area contributed by atoms with Crippen molar-refractivity contribution in [1.82, 2.24) is 19.4 Å². The van der Waals surface area contributed by atoms with Gasteiger partial charge in [0.05, 0.1) is 30.7 Å². The summed E-state index contributed by atoms with van der Waals surface area (Å²) >= 11 is 0. The van der Waals surface area contributed by atoms with Crippen LogP contribution in [0.3, 0.4) is 0 Å². The maximum atomic E-state index is 11.1. The second-order valence-corrected chi connectivity index (χ2v) is 7.26. The smallest absolute Gasteiger partial charge is 0.209 e. The second-order valence-electron chi connectivity index (χ2n) is 5.43. The fraction of sp³-hybridized carbons (Fsp3) is 0.769. The molecule has 0 aliphatic carbocycles. The summed E-state index contributed by atoms with van der Waals surface area (Å²) in [4.78, 5) is 2.44. The molecule has 0 amide bonds. The molecule has 0 spiro atoms. The average molecular weight is 300 g/mol. The van der Waals surface area contributed by atoms with Crippen molar-refractivity contribution in [2.24, 2.45) is 0 Å². The normalized spacial score (nSPS) is 16.3. The summed E-state index contributed by atoms with van der Waals surface area (Å²) in [6, 6.07) is 2.00. The highest BCUT2D eigenvalue weighted by molar-refractivity contribution is 7.88. The Hall–Kier alpha value is -0.920. The molecule has 2 heterocycles. The topological polar surface area (TPSA) is 67.2 Å². The number of rotatable bonds is 7. The zero-order chi connectivity index (χ0) is 14.6. The van der Waals surface area contributed by atoms with Gasteiger partial charge in [-0.2, -0.15) is 5.10 Å². The molecule has 0 aromatic carbocycles. The standard InChI is InChI=1S/C13H24N4O2S/c1-3-4-5-6-16-7-8-17-13(11-16)9-12(15-17)10-14-20(2,18)19/h9,14H,3-8,10-11H2,1-2H3. The monoisotopic (exact) mass is 300 g/mol. The van der Waals surface area contributed by atoms with Gasteiger partial charge in [0.15, 0.2) is 0 Å². The Morgan fingerprint density at radius 2 is 2.15 bits per heavy atom. The van der Waals surface area contributed by atoms with Crippen molar-refractivity contribution in [2.75, 3.05) is 19.3 Å². The number of hydrogen-bond donors (Lipinski definition) is 1. The van der Waals surface area contributed by atoms with Crippen molar-refractivity contribution in [2.45, 2.75) is 45.8 Å². The third kappa shape index (κ3) is 4.57. The summed E-state index contributed by atoms with van der Waals surface area (Å²) in [5.74, 6) is 0. The van der Waals surface area contributed by atoms with Gasteiger partial charge >= 0.3 is 0 Å². The van der Waals surface area contributed by atoms with Crippen LogP contribution in [-0.2, 0) is 29.7 Å². The van der Waals surface area contributed by atoms with E-state index in [1.165, 1.54) is 31.2 Å². The maximum Gasteiger partial charge on any atom is 0.209 e. The Bertz CT molecular complexity index is 539. The van der Waals surface area contributed by atoms with Crippen molar-refractivity contribution in [3.63, 3.8) is 0 Å². The fourth-order valence-electron chi connectivity index (χ4n) is 2.45. The maximum absolute atomic E-state index is 11.1. The second kappa shape index (κ2) is 6.69. The molecular formula is C13H24N4O2S. The number of nitrogens with zero attached hydrogens (tertiary/aromatic N) is 3. The molecule has 0 saturated carbocycles. The zero-order valence-corrected chi connectivity index (χ0v) is 13.1. The molecule has 1 aliphatic heterocycles. The third-order valence-corrected chi connectivity index (χ3v) is 4.19. The van der Waals surface area contributed by atoms with Crippen LogP contribution < -0.4 is 4.72 Å². The first-order chi connectivity index (χ1) is 9.48. The van der Waals surface area contributed by atoms with Gasteiger partial charge in [0.2, 0.25) is 10.0 Å². The Balaban J connectivity index is 1.90. The van der Waals surface area contributed by atoms with Gasteiger partial charge in [0, 0.05) is 13.1 Å². The minimum atomic E-state index is -3.16. The lowest BCUT2D eigenvalue weighted by Gasteiger charge is -2.27. The summed E-state index contributed by atoms with van der Waals surface area (Å²) in [6.45, 7) is 6.45. The van der Waals surface area contributed by atoms with Crippen molar-refractivity contribution < 1.29 is 8.42 Å². The van der Waals surface area contributed by atoms with E-state index in [4.69, 9.17) is 0 Å². The Morgan fingerprint density at radius 1 is 1.35 bits per heavy atom. The van der Waals surface area contributed by atoms with E-state index in [0.29, 0.717) is 0 Å². The van der Waals surface area contributed by atoms with E-state index in [9.17, 15) is 8.42 Å². The first-order valence-electron chi connectivity index (χ1n) is 7.20. The van der Waals surface area contributed by atoms with Crippen molar-refractivity contribution in [1.29, 1.82) is 0 Å². The van der Waals surface area contributed by atoms with Crippen molar-refractivity contribution >= 4 is 10.0 Å². The van der Waals surface area contributed by atoms with Gasteiger partial charge in [-0.3, -0.25) is 9.58 Å². The largest absolute Gasteiger partial charge is 0.296 e. The molecule has 0 fully saturated rings. The van der Waals surface area contributed by atoms with E-state index in [1.807, 2.05) is 10.7 Å². The molecule has 1 aromatic rings. The van der Waals surface area contributed by atoms with E-state index in [1.54, 1.807) is 0 Å². The predicted octanol–water partition coefficient (Wildman–Crippen LogP) is 0.938. The van der Waals surface area contributed by atoms with Gasteiger partial charge in [-0.15, -0.1) is 0 Å². The van der Waals surface area contributed by atoms with Crippen molar-refractivity contribution in [3.8, 4) is 0 Å². The van der Waals surface area contributed by atoms with Gasteiger partial charge < -0.3 is 0 Å². The Morgan fingerprint density at radius 3 is 2.85 bits per heavy atom. The molecule has 1 N–H and O–H groups in total. The van der Waals surface area contributed by atoms with Crippen LogP contribution in [0, 0.1) is 0 Å². The van der Waals surface area contributed by atoms with Crippen LogP contribution in [0.5, 0.6) is 0 Å². The number of nitrogens with one attached hydrogen (secondary N) is 1. The SMILES string of the molecule is CCCCCN1CCn2nc(CNS(C)(=O)=O)cc2C1. The lowest BCUT2D eigenvalue weighted by Crippen LogP contribution is -2.34. The molecular weight excluding hydrogens is 276 g/mol. The molecule has 0 atom stereocenters. The third-order valence-electron chi connectivity index (χ3n) is 3.52. The highest BCUT2D eigenvalue weighted by Gasteiger charge is 2.18. The Labute approximate surface area is 121 Å². The highest BCUT2D eigenvalue weighted by atomic mass is 32.2. The van der Waals surface area contributed by atoms with Gasteiger partial charge in [-0.1, -0.05) is 19.8 Å². The minimum absolute atomic E-state index is 0.272. The first kappa shape index (κ1) is 15.5. The molecule has 0 radical (unpaired) electrons. The molecule has 2 rings (SSSR count). The zero-order valence-electron chi connectivity index (χ0n) is 12.3. The quantitative estimate of drug-likeness (QED) is 0.761. The summed E-state index contributed by atoms with van der Waals surface area (Å²) in [7, 11) is -3.16. The van der Waals surface area contributed by atoms with Crippen LogP contribution >= 0.6 is 0 Å². The Kier molecular flexibility index (Phi) is 5.17. The molecule has 7 heteroatoms. The van der Waals surface area contributed by atoms with Gasteiger partial charge in [0.1, 0.15) is 0 Å². The van der Waals surface area contributed by atoms with E-state index in [-0.39, 0.29) is 6.54 Å². The fourth-order valence-corrected chi connectivity index (χ4v) is 2.86. The van der Waals surface area contributed by atoms with Gasteiger partial charge in [0.25, 0.3) is 0 Å². The van der Waals surface area contributed by atoms with Crippen LogP contribution in [0.4, 0.5) is 0 Å². The van der Waals surface area contributed by atoms with Crippen LogP contribution in [0.2, 0.25) is 0 Å². The molecule has 0 saturated heterocycles. The molecule has 1 aromatic heterocycles. The first-order valence-corrected chi connectivity index (χ1v) is 9.09. The summed E-state index contributed by atoms with van der Waals surface area (Å²) in [6.07, 6.45) is 4.93. The van der Waals surface area contributed by atoms with Crippen LogP contribution in [-0.4, -0.2) is 42.4 Å². The van der Waals surface area contributed by atoms with Crippen LogP contribution in [0.15, 0.2) is 6.07 Å². The number of fused-ring (bicyclic) bond motifs is 1. The molecule has 0 unspecified atom stereocenters. The van der Waals surface area contributed by atoms with E-state index in [2.05, 4.69) is 21.6 Å². The predicted molar refractivity (Wildman–Crippen MR) is 78.7 cm³/mol. The minimum Gasteiger partial charge on any atom is -0.296 e. The molecule has 1 aliphatic rings. The lowest BCUT2D eigenvalue weighted by molar-refractivity contribution is 0.209. The molecule has 114 valence electrons. The number of unbranched alkanes of at least 4 members (excludes halogenated alkanes) is 2. The van der Waals surface area contributed by atoms with E-state index >= 15 is 0 Å². The molecule has 20 heavy (non-hydrogen) atoms. The summed E-state index contributed by atoms with van der Waals surface area (Å²) < 4.78 is 26.7. The van der Waals surface area contributed by atoms with Crippen LogP contribution in [0.1, 0.15) is 37.6 Å². The summed E-state index contributed by atoms with van der Waals surface area (Å²) in [5, 5.41) is 4.45. The molecule has 0 bridgehead atoms. The highest BCUT2D eigenvalue weighted by Crippen LogP contribution is 2.14. The van der Waals surface area contributed by atoms with Gasteiger partial charge in [-0.25, -0.2) is 13.1 Å². The van der Waals surface area contributed by atoms with E-state index < -0.39 is 10.0 Å². The van der Waals surface area contributed by atoms with Gasteiger partial charge in [-0.05, 0) is 19.0 Å². The lowest BCUT2D eigenvalue weighted by atomic mass is 10.2. The number of sulfonamides is 1. The summed E-state index contributed by atoms with van der Waals surface area (Å²) in [5.41, 5.74) is 1.97. The van der Waals surface area contributed by atoms with Crippen LogP contribution in [0.25, 0.3) is 0 Å².